The van der Waals surface area contributed by atoms with Crippen LogP contribution in [0.25, 0.3) is 0 Å². The molecule has 6 nitrogen and oxygen atoms in total. The topological polar surface area (TPSA) is 98.5 Å². The highest BCUT2D eigenvalue weighted by Crippen LogP contribution is 2.44. The van der Waals surface area contributed by atoms with Crippen molar-refractivity contribution in [2.45, 2.75) is 30.6 Å². The number of sulfone groups is 1. The summed E-state index contributed by atoms with van der Waals surface area (Å²) in [4.78, 5) is 13.5. The number of carbonyl (C=O) groups excluding carboxylic acids is 1. The number of nitrogens with one attached hydrogen (secondary N) is 1. The largest absolute Gasteiger partial charge is 0.497 e. The summed E-state index contributed by atoms with van der Waals surface area (Å²) in [5.74, 6) is 0.254. The number of ketones is 1. The Bertz CT molecular complexity index is 1500. The van der Waals surface area contributed by atoms with Crippen LogP contribution in [-0.2, 0) is 9.84 Å². The van der Waals surface area contributed by atoms with Gasteiger partial charge in [0, 0.05) is 11.3 Å². The number of thiophene rings is 1. The van der Waals surface area contributed by atoms with E-state index in [0.717, 1.165) is 33.7 Å². The maximum Gasteiger partial charge on any atom is 0.211 e. The summed E-state index contributed by atoms with van der Waals surface area (Å²) in [6.07, 6.45) is 0. The number of hydrogen-bond donors (Lipinski definition) is 2. The second kappa shape index (κ2) is 9.56. The Hall–Kier alpha value is -3.62. The van der Waals surface area contributed by atoms with E-state index in [2.05, 4.69) is 5.32 Å². The second-order valence-electron chi connectivity index (χ2n) is 8.32. The van der Waals surface area contributed by atoms with Crippen LogP contribution in [0, 0.1) is 20.8 Å². The quantitative estimate of drug-likeness (QED) is 0.295. The molecule has 8 heteroatoms. The fourth-order valence-corrected chi connectivity index (χ4v) is 6.66. The summed E-state index contributed by atoms with van der Waals surface area (Å²) >= 11 is 1.04. The zero-order valence-electron chi connectivity index (χ0n) is 19.9. The van der Waals surface area contributed by atoms with Gasteiger partial charge in [-0.2, -0.15) is 0 Å². The Kier molecular flexibility index (Phi) is 6.69. The summed E-state index contributed by atoms with van der Waals surface area (Å²) < 4.78 is 32.6. The Morgan fingerprint density at radius 2 is 1.54 bits per heavy atom. The Labute approximate surface area is 209 Å². The van der Waals surface area contributed by atoms with Crippen molar-refractivity contribution in [2.24, 2.45) is 0 Å². The summed E-state index contributed by atoms with van der Waals surface area (Å²) in [6, 6.07) is 19.0. The molecule has 0 fully saturated rings. The lowest BCUT2D eigenvalue weighted by Crippen LogP contribution is -2.08. The van der Waals surface area contributed by atoms with Gasteiger partial charge in [-0.15, -0.1) is 11.3 Å². The van der Waals surface area contributed by atoms with E-state index in [4.69, 9.17) is 10.5 Å². The molecule has 0 atom stereocenters. The van der Waals surface area contributed by atoms with Crippen LogP contribution in [0.5, 0.6) is 5.75 Å². The van der Waals surface area contributed by atoms with Crippen LogP contribution in [0.1, 0.15) is 31.9 Å². The van der Waals surface area contributed by atoms with Crippen molar-refractivity contribution in [3.05, 3.63) is 93.9 Å². The molecular weight excluding hydrogens is 480 g/mol. The monoisotopic (exact) mass is 506 g/mol. The van der Waals surface area contributed by atoms with Gasteiger partial charge in [0.05, 0.1) is 17.7 Å². The Balaban J connectivity index is 1.87. The predicted molar refractivity (Wildman–Crippen MR) is 141 cm³/mol. The van der Waals surface area contributed by atoms with Crippen molar-refractivity contribution in [3.63, 3.8) is 0 Å². The number of hydrogen-bond acceptors (Lipinski definition) is 7. The van der Waals surface area contributed by atoms with E-state index < -0.39 is 9.84 Å². The van der Waals surface area contributed by atoms with E-state index in [-0.39, 0.29) is 26.1 Å². The van der Waals surface area contributed by atoms with E-state index >= 15 is 0 Å². The number of nitrogens with two attached hydrogens (primary N) is 1. The highest BCUT2D eigenvalue weighted by molar-refractivity contribution is 7.92. The third-order valence-corrected chi connectivity index (χ3v) is 8.79. The zero-order chi connectivity index (χ0) is 25.3. The van der Waals surface area contributed by atoms with E-state index in [0.29, 0.717) is 16.3 Å². The Morgan fingerprint density at radius 1 is 0.914 bits per heavy atom. The molecule has 1 heterocycles. The third kappa shape index (κ3) is 4.80. The summed E-state index contributed by atoms with van der Waals surface area (Å²) in [5, 5.41) is 3.53. The average molecular weight is 507 g/mol. The minimum atomic E-state index is -4.01. The lowest BCUT2D eigenvalue weighted by Gasteiger charge is -2.12. The van der Waals surface area contributed by atoms with E-state index in [9.17, 15) is 13.2 Å². The maximum atomic E-state index is 13.7. The molecule has 4 rings (SSSR count). The molecule has 0 spiro atoms. The van der Waals surface area contributed by atoms with Crippen molar-refractivity contribution in [3.8, 4) is 5.75 Å². The van der Waals surface area contributed by atoms with E-state index in [1.807, 2.05) is 39.0 Å². The molecule has 4 aromatic rings. The first kappa shape index (κ1) is 24.5. The summed E-state index contributed by atoms with van der Waals surface area (Å²) in [6.45, 7) is 5.80. The highest BCUT2D eigenvalue weighted by Gasteiger charge is 2.32. The number of aryl methyl sites for hydroxylation is 3. The van der Waals surface area contributed by atoms with Crippen LogP contribution < -0.4 is 15.8 Å². The van der Waals surface area contributed by atoms with Crippen LogP contribution >= 0.6 is 11.3 Å². The Morgan fingerprint density at radius 3 is 2.14 bits per heavy atom. The SMILES string of the molecule is COc1ccc(C(=O)c2sc(Nc3ccc(C)cc3C)c(S(=O)(=O)c3ccc(C)cc3)c2N)cc1. The highest BCUT2D eigenvalue weighted by atomic mass is 32.2. The second-order valence-corrected chi connectivity index (χ2v) is 11.2. The molecule has 0 unspecified atom stereocenters. The van der Waals surface area contributed by atoms with Crippen molar-refractivity contribution in [1.82, 2.24) is 0 Å². The van der Waals surface area contributed by atoms with Gasteiger partial charge in [-0.25, -0.2) is 8.42 Å². The molecule has 35 heavy (non-hydrogen) atoms. The molecule has 0 saturated carbocycles. The van der Waals surface area contributed by atoms with E-state index in [1.165, 1.54) is 0 Å². The van der Waals surface area contributed by atoms with Crippen LogP contribution in [-0.4, -0.2) is 21.3 Å². The number of ether oxygens (including phenoxy) is 1. The molecule has 3 aromatic carbocycles. The van der Waals surface area contributed by atoms with Gasteiger partial charge in [0.2, 0.25) is 15.6 Å². The van der Waals surface area contributed by atoms with E-state index in [1.54, 1.807) is 55.6 Å². The number of nitrogen functional groups attached to an aromatic ring is 1. The van der Waals surface area contributed by atoms with Crippen molar-refractivity contribution < 1.29 is 17.9 Å². The minimum Gasteiger partial charge on any atom is -0.497 e. The van der Waals surface area contributed by atoms with Gasteiger partial charge < -0.3 is 15.8 Å². The first-order chi connectivity index (χ1) is 16.6. The molecule has 0 bridgehead atoms. The smallest absolute Gasteiger partial charge is 0.211 e. The summed E-state index contributed by atoms with van der Waals surface area (Å²) in [7, 11) is -2.47. The zero-order valence-corrected chi connectivity index (χ0v) is 21.5. The van der Waals surface area contributed by atoms with Crippen molar-refractivity contribution in [1.29, 1.82) is 0 Å². The first-order valence-electron chi connectivity index (χ1n) is 10.9. The van der Waals surface area contributed by atoms with Gasteiger partial charge in [0.25, 0.3) is 0 Å². The number of rotatable bonds is 7. The van der Waals surface area contributed by atoms with Gasteiger partial charge >= 0.3 is 0 Å². The van der Waals surface area contributed by atoms with Gasteiger partial charge in [0.1, 0.15) is 20.5 Å². The molecule has 180 valence electrons. The fourth-order valence-electron chi connectivity index (χ4n) is 3.73. The number of anilines is 3. The lowest BCUT2D eigenvalue weighted by atomic mass is 10.1. The minimum absolute atomic E-state index is 0.0661. The van der Waals surface area contributed by atoms with Gasteiger partial charge in [-0.3, -0.25) is 4.79 Å². The molecule has 0 amide bonds. The molecule has 0 aliphatic carbocycles. The molecule has 0 aliphatic heterocycles. The van der Waals surface area contributed by atoms with Crippen molar-refractivity contribution >= 4 is 43.3 Å². The number of methoxy groups -OCH3 is 1. The molecule has 1 aromatic heterocycles. The standard InChI is InChI=1S/C27H26N2O4S2/c1-16-5-12-21(13-6-16)35(31,32)26-23(28)25(24(30)19-8-10-20(33-4)11-9-19)34-27(26)29-22-14-7-17(2)15-18(22)3/h5-15,29H,28H2,1-4H3. The van der Waals surface area contributed by atoms with Gasteiger partial charge in [0.15, 0.2) is 0 Å². The summed E-state index contributed by atoms with van der Waals surface area (Å²) in [5.41, 5.74) is 10.4. The first-order valence-corrected chi connectivity index (χ1v) is 13.2. The predicted octanol–water partition coefficient (Wildman–Crippen LogP) is 6.07. The molecule has 0 radical (unpaired) electrons. The molecular formula is C27H26N2O4S2. The maximum absolute atomic E-state index is 13.7. The fraction of sp³-hybridized carbons (Fsp3) is 0.148. The number of benzene rings is 3. The normalized spacial score (nSPS) is 11.3. The molecule has 0 saturated heterocycles. The third-order valence-electron chi connectivity index (χ3n) is 5.69. The average Bonchev–Trinajstić information content (AvgIpc) is 3.17. The van der Waals surface area contributed by atoms with Crippen LogP contribution in [0.15, 0.2) is 76.5 Å². The van der Waals surface area contributed by atoms with Crippen LogP contribution in [0.2, 0.25) is 0 Å². The van der Waals surface area contributed by atoms with Crippen LogP contribution in [0.4, 0.5) is 16.4 Å². The lowest BCUT2D eigenvalue weighted by molar-refractivity contribution is 0.104. The van der Waals surface area contributed by atoms with Gasteiger partial charge in [-0.1, -0.05) is 35.4 Å². The van der Waals surface area contributed by atoms with Gasteiger partial charge in [-0.05, 0) is 68.8 Å². The number of carbonyl (C=O) groups is 1. The molecule has 0 aliphatic rings. The molecule has 3 N–H and O–H groups in total. The van der Waals surface area contributed by atoms with Crippen LogP contribution in [0.3, 0.4) is 0 Å². The van der Waals surface area contributed by atoms with Crippen molar-refractivity contribution in [2.75, 3.05) is 18.2 Å².